The number of hydrogen-bond acceptors (Lipinski definition) is 3. The lowest BCUT2D eigenvalue weighted by atomic mass is 9.52. The van der Waals surface area contributed by atoms with Gasteiger partial charge in [-0.05, 0) is 113 Å². The van der Waals surface area contributed by atoms with Crippen molar-refractivity contribution in [1.29, 1.82) is 0 Å². The molecule has 46 heavy (non-hydrogen) atoms. The van der Waals surface area contributed by atoms with Crippen molar-refractivity contribution in [2.24, 2.45) is 12.5 Å². The van der Waals surface area contributed by atoms with Gasteiger partial charge in [0.05, 0.1) is 6.10 Å². The molecule has 3 aliphatic rings. The zero-order chi connectivity index (χ0) is 33.7. The zero-order valence-electron chi connectivity index (χ0n) is 27.3. The van der Waals surface area contributed by atoms with Crippen molar-refractivity contribution >= 4 is 11.7 Å². The summed E-state index contributed by atoms with van der Waals surface area (Å²) in [5.41, 5.74) is -0.362. The minimum atomic E-state index is -4.65. The average molecular weight is 647 g/mol. The second kappa shape index (κ2) is 11.9. The summed E-state index contributed by atoms with van der Waals surface area (Å²) in [5, 5.41) is 6.35. The molecule has 0 radical (unpaired) electrons. The van der Waals surface area contributed by atoms with E-state index < -0.39 is 23.7 Å². The van der Waals surface area contributed by atoms with Gasteiger partial charge in [-0.1, -0.05) is 24.3 Å². The van der Waals surface area contributed by atoms with Gasteiger partial charge in [0.2, 0.25) is 0 Å². The van der Waals surface area contributed by atoms with E-state index in [2.05, 4.69) is 10.4 Å². The molecule has 0 unspecified atom stereocenters. The van der Waals surface area contributed by atoms with E-state index in [-0.39, 0.29) is 29.2 Å². The Morgan fingerprint density at radius 1 is 0.935 bits per heavy atom. The molecule has 0 aliphatic heterocycles. The van der Waals surface area contributed by atoms with E-state index >= 15 is 0 Å². The third-order valence-electron chi connectivity index (χ3n) is 9.86. The predicted octanol–water partition coefficient (Wildman–Crippen LogP) is 9.14. The standard InChI is InChI=1S/C35H43F5N4O2/c1-23(2)46-27-12-10-24(11-13-27)25-8-7-9-26(20-25)44(30(45)41-31(3,4)35(38,39)40)22-33-14-17-34(18-15-33,19-16-33)29-21-28(32(5,36)37)42-43(29)6/h7-13,20-21,23H,14-19,22H2,1-6H3,(H,41,45). The van der Waals surface area contributed by atoms with Crippen LogP contribution in [0.15, 0.2) is 54.6 Å². The number of nitrogens with one attached hydrogen (secondary N) is 1. The van der Waals surface area contributed by atoms with Crippen molar-refractivity contribution < 1.29 is 31.5 Å². The molecule has 1 N–H and O–H groups in total. The number of fused-ring (bicyclic) bond motifs is 3. The Hall–Kier alpha value is -3.63. The minimum Gasteiger partial charge on any atom is -0.491 e. The van der Waals surface area contributed by atoms with Crippen molar-refractivity contribution in [3.8, 4) is 16.9 Å². The van der Waals surface area contributed by atoms with Crippen LogP contribution in [0, 0.1) is 5.41 Å². The number of nitrogens with zero attached hydrogens (tertiary/aromatic N) is 3. The lowest BCUT2D eigenvalue weighted by Crippen LogP contribution is -2.59. The molecule has 3 aliphatic carbocycles. The SMILES string of the molecule is CC(C)Oc1ccc(-c2cccc(N(CC34CCC(c5cc(C(C)(F)F)nn5C)(CC3)CC4)C(=O)NC(C)(C)C(F)(F)F)c2)cc1. The highest BCUT2D eigenvalue weighted by atomic mass is 19.4. The van der Waals surface area contributed by atoms with E-state index in [0.717, 1.165) is 62.6 Å². The molecule has 2 amide bonds. The molecule has 1 heterocycles. The molecule has 250 valence electrons. The molecule has 6 rings (SSSR count). The lowest BCUT2D eigenvalue weighted by molar-refractivity contribution is -0.182. The normalized spacial score (nSPS) is 21.8. The number of hydrogen-bond donors (Lipinski definition) is 1. The van der Waals surface area contributed by atoms with Gasteiger partial charge in [-0.25, -0.2) is 4.79 Å². The Kier molecular flexibility index (Phi) is 8.70. The summed E-state index contributed by atoms with van der Waals surface area (Å²) in [5.74, 6) is -2.32. The van der Waals surface area contributed by atoms with Gasteiger partial charge < -0.3 is 10.1 Å². The van der Waals surface area contributed by atoms with Gasteiger partial charge >= 0.3 is 12.2 Å². The fourth-order valence-corrected chi connectivity index (χ4v) is 6.94. The first-order valence-corrected chi connectivity index (χ1v) is 15.8. The molecule has 11 heteroatoms. The number of halogens is 5. The summed E-state index contributed by atoms with van der Waals surface area (Å²) in [6.45, 7) is 6.87. The number of ether oxygens (including phenoxy) is 1. The summed E-state index contributed by atoms with van der Waals surface area (Å²) < 4.78 is 77.1. The van der Waals surface area contributed by atoms with Crippen LogP contribution in [0.4, 0.5) is 32.4 Å². The first-order chi connectivity index (χ1) is 21.3. The Bertz CT molecular complexity index is 1530. The van der Waals surface area contributed by atoms with Crippen LogP contribution in [0.3, 0.4) is 0 Å². The molecule has 0 atom stereocenters. The molecule has 6 nitrogen and oxygen atoms in total. The lowest BCUT2D eigenvalue weighted by Gasteiger charge is -2.54. The van der Waals surface area contributed by atoms with Crippen LogP contribution in [0.25, 0.3) is 11.1 Å². The van der Waals surface area contributed by atoms with Gasteiger partial charge in [0.15, 0.2) is 0 Å². The summed E-state index contributed by atoms with van der Waals surface area (Å²) >= 11 is 0. The number of anilines is 1. The van der Waals surface area contributed by atoms with Gasteiger partial charge in [-0.3, -0.25) is 9.58 Å². The number of alkyl halides is 5. The third-order valence-corrected chi connectivity index (χ3v) is 9.86. The Morgan fingerprint density at radius 2 is 1.54 bits per heavy atom. The highest BCUT2D eigenvalue weighted by Crippen LogP contribution is 2.58. The van der Waals surface area contributed by atoms with Crippen molar-refractivity contribution in [2.45, 2.75) is 102 Å². The first-order valence-electron chi connectivity index (χ1n) is 15.8. The first kappa shape index (κ1) is 33.7. The maximum absolute atomic E-state index is 14.1. The summed E-state index contributed by atoms with van der Waals surface area (Å²) in [6, 6.07) is 15.5. The van der Waals surface area contributed by atoms with Crippen LogP contribution in [0.5, 0.6) is 5.75 Å². The van der Waals surface area contributed by atoms with E-state index in [1.54, 1.807) is 23.9 Å². The number of amides is 2. The summed E-state index contributed by atoms with van der Waals surface area (Å²) in [4.78, 5) is 15.2. The van der Waals surface area contributed by atoms with Gasteiger partial charge in [0.1, 0.15) is 17.0 Å². The summed E-state index contributed by atoms with van der Waals surface area (Å²) in [7, 11) is 1.70. The van der Waals surface area contributed by atoms with E-state index in [9.17, 15) is 26.7 Å². The number of aromatic nitrogens is 2. The highest BCUT2D eigenvalue weighted by Gasteiger charge is 2.53. The molecule has 2 bridgehead atoms. The molecule has 2 aromatic carbocycles. The van der Waals surface area contributed by atoms with E-state index in [0.29, 0.717) is 24.9 Å². The predicted molar refractivity (Wildman–Crippen MR) is 168 cm³/mol. The fourth-order valence-electron chi connectivity index (χ4n) is 6.94. The second-order valence-corrected chi connectivity index (χ2v) is 14.1. The van der Waals surface area contributed by atoms with Crippen molar-refractivity contribution in [3.05, 3.63) is 66.0 Å². The molecule has 1 aromatic heterocycles. The van der Waals surface area contributed by atoms with Crippen molar-refractivity contribution in [1.82, 2.24) is 15.1 Å². The van der Waals surface area contributed by atoms with Gasteiger partial charge in [-0.2, -0.15) is 27.1 Å². The molecule has 3 fully saturated rings. The van der Waals surface area contributed by atoms with E-state index in [4.69, 9.17) is 4.74 Å². The molecular formula is C35H43F5N4O2. The molecule has 3 saturated carbocycles. The number of carbonyl (C=O) groups excluding carboxylic acids is 1. The van der Waals surface area contributed by atoms with Gasteiger partial charge in [0, 0.05) is 37.3 Å². The van der Waals surface area contributed by atoms with Crippen LogP contribution in [-0.4, -0.2) is 40.2 Å². The molecule has 0 saturated heterocycles. The van der Waals surface area contributed by atoms with Crippen LogP contribution in [0.1, 0.15) is 84.5 Å². The average Bonchev–Trinajstić information content (AvgIpc) is 3.39. The van der Waals surface area contributed by atoms with Crippen LogP contribution in [-0.2, 0) is 18.4 Å². The van der Waals surface area contributed by atoms with Crippen molar-refractivity contribution in [2.75, 3.05) is 11.4 Å². The number of carbonyl (C=O) groups is 1. The fraction of sp³-hybridized carbons (Fsp3) is 0.543. The number of urea groups is 1. The molecule has 3 aromatic rings. The van der Waals surface area contributed by atoms with Crippen LogP contribution >= 0.6 is 0 Å². The van der Waals surface area contributed by atoms with E-state index in [1.807, 2.05) is 50.2 Å². The summed E-state index contributed by atoms with van der Waals surface area (Å²) in [6.07, 6.45) is -0.353. The third kappa shape index (κ3) is 6.74. The maximum atomic E-state index is 14.1. The molecule has 0 spiro atoms. The quantitative estimate of drug-likeness (QED) is 0.236. The van der Waals surface area contributed by atoms with Gasteiger partial charge in [0.25, 0.3) is 5.92 Å². The smallest absolute Gasteiger partial charge is 0.411 e. The number of aryl methyl sites for hydroxylation is 1. The monoisotopic (exact) mass is 646 g/mol. The Balaban J connectivity index is 1.43. The van der Waals surface area contributed by atoms with Gasteiger partial charge in [-0.15, -0.1) is 0 Å². The maximum Gasteiger partial charge on any atom is 0.411 e. The second-order valence-electron chi connectivity index (χ2n) is 14.1. The highest BCUT2D eigenvalue weighted by molar-refractivity contribution is 5.93. The largest absolute Gasteiger partial charge is 0.491 e. The Labute approximate surface area is 267 Å². The minimum absolute atomic E-state index is 0.0222. The Morgan fingerprint density at radius 3 is 2.07 bits per heavy atom. The number of benzene rings is 2. The zero-order valence-corrected chi connectivity index (χ0v) is 27.3. The van der Waals surface area contributed by atoms with Crippen molar-refractivity contribution in [3.63, 3.8) is 0 Å². The number of rotatable bonds is 9. The molecular weight excluding hydrogens is 603 g/mol. The van der Waals surface area contributed by atoms with Crippen LogP contribution < -0.4 is 15.0 Å². The topological polar surface area (TPSA) is 59.4 Å². The van der Waals surface area contributed by atoms with Crippen LogP contribution in [0.2, 0.25) is 0 Å². The van der Waals surface area contributed by atoms with E-state index in [1.165, 1.54) is 11.0 Å².